The van der Waals surface area contributed by atoms with E-state index in [1.807, 2.05) is 6.92 Å². The van der Waals surface area contributed by atoms with Crippen LogP contribution in [-0.4, -0.2) is 22.0 Å². The number of aromatic nitrogens is 2. The first-order chi connectivity index (χ1) is 7.18. The third kappa shape index (κ3) is 2.02. The van der Waals surface area contributed by atoms with Crippen LogP contribution in [0.25, 0.3) is 0 Å². The van der Waals surface area contributed by atoms with Crippen molar-refractivity contribution in [1.82, 2.24) is 14.9 Å². The van der Waals surface area contributed by atoms with Gasteiger partial charge in [0, 0.05) is 38.2 Å². The minimum absolute atomic E-state index is 0.259. The Labute approximate surface area is 88.7 Å². The molecule has 0 bridgehead atoms. The maximum absolute atomic E-state index is 10.8. The summed E-state index contributed by atoms with van der Waals surface area (Å²) < 4.78 is 2.11. The fourth-order valence-electron chi connectivity index (χ4n) is 2.02. The van der Waals surface area contributed by atoms with E-state index >= 15 is 0 Å². The molecule has 0 radical (unpaired) electrons. The van der Waals surface area contributed by atoms with Crippen LogP contribution in [0.5, 0.6) is 0 Å². The summed E-state index contributed by atoms with van der Waals surface area (Å²) in [5.41, 5.74) is 7.52. The van der Waals surface area contributed by atoms with Gasteiger partial charge in [-0.15, -0.1) is 0 Å². The molecule has 0 saturated heterocycles. The first kappa shape index (κ1) is 10.2. The second-order valence-corrected chi connectivity index (χ2v) is 3.85. The van der Waals surface area contributed by atoms with Crippen LogP contribution in [0.3, 0.4) is 0 Å². The van der Waals surface area contributed by atoms with Gasteiger partial charge in [-0.25, -0.2) is 4.98 Å². The average Bonchev–Trinajstić information content (AvgIpc) is 2.50. The second-order valence-electron chi connectivity index (χ2n) is 3.85. The van der Waals surface area contributed by atoms with E-state index in [-0.39, 0.29) is 5.91 Å². The number of imidazole rings is 1. The standard InChI is InChI=1S/C10H16N4O/c1-7-13-8-6-12-4-2-9(8)14(7)5-3-10(11)15/h12H,2-6H2,1H3,(H2,11,15). The summed E-state index contributed by atoms with van der Waals surface area (Å²) in [5.74, 6) is 0.718. The molecule has 0 fully saturated rings. The van der Waals surface area contributed by atoms with Crippen molar-refractivity contribution in [1.29, 1.82) is 0 Å². The Hall–Kier alpha value is -1.36. The highest BCUT2D eigenvalue weighted by atomic mass is 16.1. The van der Waals surface area contributed by atoms with Crippen molar-refractivity contribution in [2.75, 3.05) is 6.54 Å². The van der Waals surface area contributed by atoms with Crippen molar-refractivity contribution in [3.8, 4) is 0 Å². The van der Waals surface area contributed by atoms with Crippen molar-refractivity contribution in [3.05, 3.63) is 17.2 Å². The van der Waals surface area contributed by atoms with Crippen molar-refractivity contribution in [2.45, 2.75) is 32.9 Å². The Kier molecular flexibility index (Phi) is 2.73. The van der Waals surface area contributed by atoms with E-state index < -0.39 is 0 Å². The van der Waals surface area contributed by atoms with Crippen LogP contribution in [-0.2, 0) is 24.3 Å². The predicted molar refractivity (Wildman–Crippen MR) is 56.2 cm³/mol. The molecule has 1 aliphatic heterocycles. The lowest BCUT2D eigenvalue weighted by Crippen LogP contribution is -2.25. The van der Waals surface area contributed by atoms with E-state index in [1.54, 1.807) is 0 Å². The van der Waals surface area contributed by atoms with Gasteiger partial charge < -0.3 is 15.6 Å². The number of aryl methyl sites for hydroxylation is 1. The monoisotopic (exact) mass is 208 g/mol. The van der Waals surface area contributed by atoms with E-state index in [2.05, 4.69) is 14.9 Å². The normalized spacial score (nSPS) is 15.0. The molecule has 82 valence electrons. The van der Waals surface area contributed by atoms with Crippen molar-refractivity contribution < 1.29 is 4.79 Å². The molecule has 5 heteroatoms. The molecular formula is C10H16N4O. The highest BCUT2D eigenvalue weighted by Gasteiger charge is 2.17. The molecular weight excluding hydrogens is 192 g/mol. The van der Waals surface area contributed by atoms with Crippen molar-refractivity contribution in [3.63, 3.8) is 0 Å². The number of rotatable bonds is 3. The molecule has 0 aliphatic carbocycles. The van der Waals surface area contributed by atoms with E-state index in [4.69, 9.17) is 5.73 Å². The second kappa shape index (κ2) is 4.02. The number of hydrogen-bond acceptors (Lipinski definition) is 3. The van der Waals surface area contributed by atoms with Crippen LogP contribution >= 0.6 is 0 Å². The maximum Gasteiger partial charge on any atom is 0.219 e. The van der Waals surface area contributed by atoms with Crippen LogP contribution < -0.4 is 11.1 Å². The van der Waals surface area contributed by atoms with E-state index in [9.17, 15) is 4.79 Å². The van der Waals surface area contributed by atoms with E-state index in [0.717, 1.165) is 31.0 Å². The highest BCUT2D eigenvalue weighted by molar-refractivity contribution is 5.73. The van der Waals surface area contributed by atoms with Crippen LogP contribution in [0.4, 0.5) is 0 Å². The largest absolute Gasteiger partial charge is 0.370 e. The Morgan fingerprint density at radius 3 is 3.20 bits per heavy atom. The number of amides is 1. The van der Waals surface area contributed by atoms with Gasteiger partial charge in [-0.2, -0.15) is 0 Å². The summed E-state index contributed by atoms with van der Waals surface area (Å²) >= 11 is 0. The molecule has 3 N–H and O–H groups in total. The number of carbonyl (C=O) groups is 1. The van der Waals surface area contributed by atoms with Gasteiger partial charge in [0.25, 0.3) is 0 Å². The van der Waals surface area contributed by atoms with Gasteiger partial charge in [-0.05, 0) is 6.92 Å². The molecule has 2 heterocycles. The molecule has 0 unspecified atom stereocenters. The van der Waals surface area contributed by atoms with Gasteiger partial charge in [0.05, 0.1) is 5.69 Å². The molecule has 1 aliphatic rings. The number of hydrogen-bond donors (Lipinski definition) is 2. The molecule has 2 rings (SSSR count). The predicted octanol–water partition coefficient (Wildman–Crippen LogP) is -0.287. The molecule has 0 saturated carbocycles. The van der Waals surface area contributed by atoms with Crippen molar-refractivity contribution >= 4 is 5.91 Å². The van der Waals surface area contributed by atoms with Crippen LogP contribution in [0, 0.1) is 6.92 Å². The third-order valence-corrected chi connectivity index (χ3v) is 2.76. The summed E-state index contributed by atoms with van der Waals surface area (Å²) in [6.07, 6.45) is 1.37. The summed E-state index contributed by atoms with van der Waals surface area (Å²) in [6.45, 7) is 4.44. The van der Waals surface area contributed by atoms with E-state index in [1.165, 1.54) is 5.69 Å². The zero-order valence-corrected chi connectivity index (χ0v) is 8.92. The summed E-state index contributed by atoms with van der Waals surface area (Å²) in [7, 11) is 0. The molecule has 1 aromatic heterocycles. The lowest BCUT2D eigenvalue weighted by atomic mass is 10.2. The van der Waals surface area contributed by atoms with Gasteiger partial charge in [0.2, 0.25) is 5.91 Å². The first-order valence-electron chi connectivity index (χ1n) is 5.22. The number of primary amides is 1. The zero-order valence-electron chi connectivity index (χ0n) is 8.92. The van der Waals surface area contributed by atoms with Crippen LogP contribution in [0.1, 0.15) is 23.6 Å². The molecule has 1 aromatic rings. The van der Waals surface area contributed by atoms with E-state index in [0.29, 0.717) is 13.0 Å². The number of nitrogens with one attached hydrogen (secondary N) is 1. The SMILES string of the molecule is Cc1nc2c(n1CCC(N)=O)CCNC2. The quantitative estimate of drug-likeness (QED) is 0.717. The fraction of sp³-hybridized carbons (Fsp3) is 0.600. The third-order valence-electron chi connectivity index (χ3n) is 2.76. The maximum atomic E-state index is 10.8. The Bertz CT molecular complexity index is 383. The Balaban J connectivity index is 2.21. The molecule has 0 spiro atoms. The summed E-state index contributed by atoms with van der Waals surface area (Å²) in [4.78, 5) is 15.2. The molecule has 15 heavy (non-hydrogen) atoms. The van der Waals surface area contributed by atoms with Gasteiger partial charge in [-0.1, -0.05) is 0 Å². The minimum atomic E-state index is -0.259. The minimum Gasteiger partial charge on any atom is -0.370 e. The molecule has 5 nitrogen and oxygen atoms in total. The van der Waals surface area contributed by atoms with Gasteiger partial charge >= 0.3 is 0 Å². The summed E-state index contributed by atoms with van der Waals surface area (Å²) in [5, 5.41) is 3.28. The lowest BCUT2D eigenvalue weighted by molar-refractivity contribution is -0.118. The fourth-order valence-corrected chi connectivity index (χ4v) is 2.02. The number of nitrogens with zero attached hydrogens (tertiary/aromatic N) is 2. The smallest absolute Gasteiger partial charge is 0.219 e. The lowest BCUT2D eigenvalue weighted by Gasteiger charge is -2.15. The Morgan fingerprint density at radius 2 is 2.47 bits per heavy atom. The van der Waals surface area contributed by atoms with Gasteiger partial charge in [0.1, 0.15) is 5.82 Å². The number of nitrogens with two attached hydrogens (primary N) is 1. The van der Waals surface area contributed by atoms with Gasteiger partial charge in [-0.3, -0.25) is 4.79 Å². The summed E-state index contributed by atoms with van der Waals surface area (Å²) in [6, 6.07) is 0. The van der Waals surface area contributed by atoms with Crippen LogP contribution in [0.15, 0.2) is 0 Å². The molecule has 1 amide bonds. The average molecular weight is 208 g/mol. The zero-order chi connectivity index (χ0) is 10.8. The van der Waals surface area contributed by atoms with Gasteiger partial charge in [0.15, 0.2) is 0 Å². The molecule has 0 atom stereocenters. The number of fused-ring (bicyclic) bond motifs is 1. The van der Waals surface area contributed by atoms with Crippen LogP contribution in [0.2, 0.25) is 0 Å². The topological polar surface area (TPSA) is 72.9 Å². The first-order valence-corrected chi connectivity index (χ1v) is 5.22. The highest BCUT2D eigenvalue weighted by Crippen LogP contribution is 2.15. The Morgan fingerprint density at radius 1 is 1.67 bits per heavy atom. The number of carbonyl (C=O) groups excluding carboxylic acids is 1. The van der Waals surface area contributed by atoms with Crippen molar-refractivity contribution in [2.24, 2.45) is 5.73 Å². The molecule has 0 aromatic carbocycles.